The van der Waals surface area contributed by atoms with Crippen LogP contribution in [0.3, 0.4) is 0 Å². The lowest BCUT2D eigenvalue weighted by atomic mass is 10.0. The third-order valence-corrected chi connectivity index (χ3v) is 2.56. The van der Waals surface area contributed by atoms with E-state index in [-0.39, 0.29) is 17.5 Å². The third kappa shape index (κ3) is 2.04. The summed E-state index contributed by atoms with van der Waals surface area (Å²) in [6.45, 7) is 2.36. The molecule has 16 heavy (non-hydrogen) atoms. The van der Waals surface area contributed by atoms with Crippen LogP contribution in [0.5, 0.6) is 0 Å². The molecule has 0 aromatic heterocycles. The Morgan fingerprint density at radius 1 is 1.38 bits per heavy atom. The van der Waals surface area contributed by atoms with Gasteiger partial charge in [0, 0.05) is 18.2 Å². The highest BCUT2D eigenvalue weighted by Crippen LogP contribution is 2.20. The number of piperazine rings is 1. The molecule has 1 saturated heterocycles. The summed E-state index contributed by atoms with van der Waals surface area (Å²) in [5, 5.41) is 5.57. The molecule has 1 aromatic rings. The maximum absolute atomic E-state index is 13.5. The van der Waals surface area contributed by atoms with Crippen LogP contribution in [-0.4, -0.2) is 18.5 Å². The molecule has 0 saturated carbocycles. The van der Waals surface area contributed by atoms with Crippen LogP contribution in [0.2, 0.25) is 0 Å². The van der Waals surface area contributed by atoms with Gasteiger partial charge in [-0.3, -0.25) is 10.1 Å². The highest BCUT2D eigenvalue weighted by atomic mass is 19.1. The van der Waals surface area contributed by atoms with Crippen molar-refractivity contribution in [2.75, 3.05) is 6.54 Å². The standard InChI is InChI=1S/C11H12F2N2O/c1-6-5-14-11(16)10(15-6)8-4-7(12)2-3-9(8)13/h2-4,6,10,15H,5H2,1H3,(H,14,16). The van der Waals surface area contributed by atoms with Gasteiger partial charge < -0.3 is 5.32 Å². The maximum Gasteiger partial charge on any atom is 0.241 e. The molecule has 0 spiro atoms. The lowest BCUT2D eigenvalue weighted by Gasteiger charge is -2.29. The molecule has 5 heteroatoms. The molecule has 2 N–H and O–H groups in total. The van der Waals surface area contributed by atoms with Crippen molar-refractivity contribution in [2.45, 2.75) is 19.0 Å². The quantitative estimate of drug-likeness (QED) is 0.753. The molecule has 2 rings (SSSR count). The topological polar surface area (TPSA) is 41.1 Å². The Morgan fingerprint density at radius 3 is 2.88 bits per heavy atom. The minimum atomic E-state index is -0.820. The van der Waals surface area contributed by atoms with Crippen LogP contribution in [0.1, 0.15) is 18.5 Å². The number of carbonyl (C=O) groups excluding carboxylic acids is 1. The molecule has 1 aliphatic heterocycles. The van der Waals surface area contributed by atoms with Crippen molar-refractivity contribution in [3.05, 3.63) is 35.4 Å². The Balaban J connectivity index is 2.34. The zero-order valence-electron chi connectivity index (χ0n) is 8.76. The van der Waals surface area contributed by atoms with Crippen molar-refractivity contribution in [2.24, 2.45) is 0 Å². The van der Waals surface area contributed by atoms with E-state index in [1.54, 1.807) is 0 Å². The summed E-state index contributed by atoms with van der Waals surface area (Å²) in [5.74, 6) is -1.46. The van der Waals surface area contributed by atoms with Crippen LogP contribution in [0.25, 0.3) is 0 Å². The first-order chi connectivity index (χ1) is 7.58. The van der Waals surface area contributed by atoms with E-state index in [9.17, 15) is 13.6 Å². The van der Waals surface area contributed by atoms with E-state index in [1.807, 2.05) is 6.92 Å². The molecule has 0 aliphatic carbocycles. The molecule has 2 unspecified atom stereocenters. The Labute approximate surface area is 91.8 Å². The summed E-state index contributed by atoms with van der Waals surface area (Å²) in [6, 6.07) is 2.32. The number of amides is 1. The zero-order chi connectivity index (χ0) is 11.7. The fourth-order valence-corrected chi connectivity index (χ4v) is 1.74. The third-order valence-electron chi connectivity index (χ3n) is 2.56. The first kappa shape index (κ1) is 11.0. The number of nitrogens with one attached hydrogen (secondary N) is 2. The summed E-state index contributed by atoms with van der Waals surface area (Å²) in [4.78, 5) is 11.5. The van der Waals surface area contributed by atoms with E-state index < -0.39 is 17.7 Å². The van der Waals surface area contributed by atoms with Crippen LogP contribution >= 0.6 is 0 Å². The molecule has 86 valence electrons. The van der Waals surface area contributed by atoms with Crippen molar-refractivity contribution in [1.82, 2.24) is 10.6 Å². The van der Waals surface area contributed by atoms with Crippen molar-refractivity contribution in [3.63, 3.8) is 0 Å². The van der Waals surface area contributed by atoms with Gasteiger partial charge in [0.15, 0.2) is 0 Å². The number of carbonyl (C=O) groups is 1. The van der Waals surface area contributed by atoms with Gasteiger partial charge in [-0.25, -0.2) is 8.78 Å². The monoisotopic (exact) mass is 226 g/mol. The van der Waals surface area contributed by atoms with Gasteiger partial charge in [0.05, 0.1) is 0 Å². The Morgan fingerprint density at radius 2 is 2.12 bits per heavy atom. The summed E-state index contributed by atoms with van der Waals surface area (Å²) in [7, 11) is 0. The maximum atomic E-state index is 13.5. The van der Waals surface area contributed by atoms with E-state index in [0.717, 1.165) is 18.2 Å². The van der Waals surface area contributed by atoms with Gasteiger partial charge in [-0.15, -0.1) is 0 Å². The largest absolute Gasteiger partial charge is 0.353 e. The van der Waals surface area contributed by atoms with E-state index in [4.69, 9.17) is 0 Å². The number of hydrogen-bond acceptors (Lipinski definition) is 2. The molecule has 1 amide bonds. The number of halogens is 2. The number of hydrogen-bond donors (Lipinski definition) is 2. The lowest BCUT2D eigenvalue weighted by Crippen LogP contribution is -2.52. The molecule has 1 fully saturated rings. The molecule has 2 atom stereocenters. The fourth-order valence-electron chi connectivity index (χ4n) is 1.74. The molecule has 1 aromatic carbocycles. The predicted molar refractivity (Wildman–Crippen MR) is 54.7 cm³/mol. The fraction of sp³-hybridized carbons (Fsp3) is 0.364. The molecule has 1 heterocycles. The average Bonchev–Trinajstić information content (AvgIpc) is 2.25. The molecule has 0 radical (unpaired) electrons. The van der Waals surface area contributed by atoms with Crippen LogP contribution in [0, 0.1) is 11.6 Å². The highest BCUT2D eigenvalue weighted by molar-refractivity contribution is 5.84. The highest BCUT2D eigenvalue weighted by Gasteiger charge is 2.29. The minimum absolute atomic E-state index is 0.0327. The van der Waals surface area contributed by atoms with Gasteiger partial charge in [0.25, 0.3) is 0 Å². The normalized spacial score (nSPS) is 25.3. The van der Waals surface area contributed by atoms with E-state index in [2.05, 4.69) is 10.6 Å². The average molecular weight is 226 g/mol. The lowest BCUT2D eigenvalue weighted by molar-refractivity contribution is -0.125. The van der Waals surface area contributed by atoms with Gasteiger partial charge in [0.2, 0.25) is 5.91 Å². The predicted octanol–water partition coefficient (Wildman–Crippen LogP) is 1.11. The Bertz CT molecular complexity index is 422. The van der Waals surface area contributed by atoms with Gasteiger partial charge in [-0.1, -0.05) is 0 Å². The van der Waals surface area contributed by atoms with Gasteiger partial charge in [0.1, 0.15) is 17.7 Å². The smallest absolute Gasteiger partial charge is 0.241 e. The van der Waals surface area contributed by atoms with Crippen LogP contribution in [0.4, 0.5) is 8.78 Å². The van der Waals surface area contributed by atoms with Gasteiger partial charge >= 0.3 is 0 Å². The van der Waals surface area contributed by atoms with E-state index in [0.29, 0.717) is 6.54 Å². The molecule has 0 bridgehead atoms. The first-order valence-electron chi connectivity index (χ1n) is 5.06. The van der Waals surface area contributed by atoms with Crippen molar-refractivity contribution < 1.29 is 13.6 Å². The second-order valence-corrected chi connectivity index (χ2v) is 3.91. The molecule has 1 aliphatic rings. The van der Waals surface area contributed by atoms with E-state index >= 15 is 0 Å². The summed E-state index contributed by atoms with van der Waals surface area (Å²) < 4.78 is 26.5. The Kier molecular flexibility index (Phi) is 2.87. The van der Waals surface area contributed by atoms with Crippen LogP contribution in [0.15, 0.2) is 18.2 Å². The summed E-state index contributed by atoms with van der Waals surface area (Å²) >= 11 is 0. The minimum Gasteiger partial charge on any atom is -0.353 e. The van der Waals surface area contributed by atoms with E-state index in [1.165, 1.54) is 0 Å². The van der Waals surface area contributed by atoms with Gasteiger partial charge in [-0.2, -0.15) is 0 Å². The zero-order valence-corrected chi connectivity index (χ0v) is 8.76. The SMILES string of the molecule is CC1CNC(=O)C(c2cc(F)ccc2F)N1. The van der Waals surface area contributed by atoms with Crippen molar-refractivity contribution in [3.8, 4) is 0 Å². The number of rotatable bonds is 1. The van der Waals surface area contributed by atoms with Crippen LogP contribution in [-0.2, 0) is 4.79 Å². The molecular weight excluding hydrogens is 214 g/mol. The Hall–Kier alpha value is -1.49. The second kappa shape index (κ2) is 4.17. The van der Waals surface area contributed by atoms with Crippen molar-refractivity contribution >= 4 is 5.91 Å². The molecule has 3 nitrogen and oxygen atoms in total. The van der Waals surface area contributed by atoms with Crippen LogP contribution < -0.4 is 10.6 Å². The van der Waals surface area contributed by atoms with Gasteiger partial charge in [-0.05, 0) is 25.1 Å². The number of benzene rings is 1. The van der Waals surface area contributed by atoms with Crippen molar-refractivity contribution in [1.29, 1.82) is 0 Å². The first-order valence-corrected chi connectivity index (χ1v) is 5.06. The summed E-state index contributed by atoms with van der Waals surface area (Å²) in [5.41, 5.74) is 0.0454. The summed E-state index contributed by atoms with van der Waals surface area (Å²) in [6.07, 6.45) is 0. The second-order valence-electron chi connectivity index (χ2n) is 3.91. The molecular formula is C11H12F2N2O.